The predicted molar refractivity (Wildman–Crippen MR) is 134 cm³/mol. The fourth-order valence-corrected chi connectivity index (χ4v) is 4.21. The third kappa shape index (κ3) is 6.05. The van der Waals surface area contributed by atoms with Crippen molar-refractivity contribution in [1.29, 1.82) is 0 Å². The summed E-state index contributed by atoms with van der Waals surface area (Å²) in [6, 6.07) is 13.5. The molecule has 0 aliphatic carbocycles. The lowest BCUT2D eigenvalue weighted by Gasteiger charge is -2.33. The predicted octanol–water partition coefficient (Wildman–Crippen LogP) is 5.54. The molecule has 1 aliphatic rings. The number of aliphatic carboxylic acids is 1. The van der Waals surface area contributed by atoms with Crippen LogP contribution in [0.4, 0.5) is 4.79 Å². The molecule has 0 radical (unpaired) electrons. The maximum absolute atomic E-state index is 12.7. The van der Waals surface area contributed by atoms with Crippen molar-refractivity contribution in [3.8, 4) is 17.2 Å². The first-order chi connectivity index (χ1) is 17.1. The number of carboxylic acid groups (broad SMARTS) is 1. The summed E-state index contributed by atoms with van der Waals surface area (Å²) in [4.78, 5) is 30.2. The van der Waals surface area contributed by atoms with Crippen molar-refractivity contribution in [2.24, 2.45) is 0 Å². The Hall–Kier alpha value is -3.81. The number of nitrogens with zero attached hydrogens (tertiary/aromatic N) is 2. The molecule has 0 unspecified atom stereocenters. The van der Waals surface area contributed by atoms with Gasteiger partial charge >= 0.3 is 12.1 Å². The molecular weight excluding hydrogens is 460 g/mol. The van der Waals surface area contributed by atoms with Crippen LogP contribution in [-0.2, 0) is 35.5 Å². The fourth-order valence-electron chi connectivity index (χ4n) is 4.21. The minimum absolute atomic E-state index is 0.0134. The molecule has 2 heterocycles. The summed E-state index contributed by atoms with van der Waals surface area (Å²) in [5, 5.41) is 9.20. The summed E-state index contributed by atoms with van der Waals surface area (Å²) in [5.74, 6) is 1.08. The molecule has 1 N–H and O–H groups in total. The summed E-state index contributed by atoms with van der Waals surface area (Å²) < 4.78 is 17.6. The van der Waals surface area contributed by atoms with Crippen LogP contribution in [0.2, 0.25) is 0 Å². The number of hydrogen-bond acceptors (Lipinski definition) is 6. The standard InChI is InChI=1S/C28H32N2O6/c1-18-23(29-26(35-18)20-8-6-5-7-9-20)17-34-24-12-10-19(11-13-25(31)32)22-16-30(15-14-21(22)24)27(33)36-28(2,3)4/h5-10,12H,11,13-17H2,1-4H3,(H,31,32). The molecular formula is C28H32N2O6. The Labute approximate surface area is 210 Å². The first-order valence-corrected chi connectivity index (χ1v) is 12.1. The topological polar surface area (TPSA) is 102 Å². The van der Waals surface area contributed by atoms with Gasteiger partial charge in [-0.2, -0.15) is 0 Å². The number of aromatic nitrogens is 1. The van der Waals surface area contributed by atoms with Crippen molar-refractivity contribution in [2.45, 2.75) is 65.7 Å². The normalized spacial score (nSPS) is 13.3. The fraction of sp³-hybridized carbons (Fsp3) is 0.393. The maximum Gasteiger partial charge on any atom is 0.410 e. The summed E-state index contributed by atoms with van der Waals surface area (Å²) >= 11 is 0. The third-order valence-corrected chi connectivity index (χ3v) is 6.00. The number of amides is 1. The van der Waals surface area contributed by atoms with Crippen LogP contribution < -0.4 is 4.74 Å². The second kappa shape index (κ2) is 10.4. The molecule has 1 aromatic heterocycles. The number of ether oxygens (including phenoxy) is 2. The molecule has 0 bridgehead atoms. The Morgan fingerprint density at radius 1 is 1.11 bits per heavy atom. The Morgan fingerprint density at radius 3 is 2.56 bits per heavy atom. The average Bonchev–Trinajstić information content (AvgIpc) is 3.21. The van der Waals surface area contributed by atoms with Crippen LogP contribution in [0.5, 0.6) is 5.75 Å². The molecule has 3 aromatic rings. The maximum atomic E-state index is 12.7. The van der Waals surface area contributed by atoms with Crippen molar-refractivity contribution in [3.63, 3.8) is 0 Å². The summed E-state index contributed by atoms with van der Waals surface area (Å²) in [7, 11) is 0. The van der Waals surface area contributed by atoms with Crippen molar-refractivity contribution in [2.75, 3.05) is 6.54 Å². The second-order valence-corrected chi connectivity index (χ2v) is 9.90. The van der Waals surface area contributed by atoms with E-state index in [9.17, 15) is 14.7 Å². The largest absolute Gasteiger partial charge is 0.487 e. The van der Waals surface area contributed by atoms with Crippen molar-refractivity contribution in [1.82, 2.24) is 9.88 Å². The Balaban J connectivity index is 1.56. The van der Waals surface area contributed by atoms with Gasteiger partial charge in [-0.15, -0.1) is 0 Å². The zero-order valence-corrected chi connectivity index (χ0v) is 21.2. The van der Waals surface area contributed by atoms with E-state index in [0.717, 1.165) is 22.3 Å². The molecule has 8 nitrogen and oxygen atoms in total. The van der Waals surface area contributed by atoms with Gasteiger partial charge in [0.1, 0.15) is 29.4 Å². The van der Waals surface area contributed by atoms with Crippen LogP contribution in [0.25, 0.3) is 11.5 Å². The quantitative estimate of drug-likeness (QED) is 0.462. The SMILES string of the molecule is Cc1oc(-c2ccccc2)nc1COc1ccc(CCC(=O)O)c2c1CCN(C(=O)OC(C)(C)C)C2. The minimum Gasteiger partial charge on any atom is -0.487 e. The first kappa shape index (κ1) is 25.3. The molecule has 1 aliphatic heterocycles. The average molecular weight is 493 g/mol. The molecule has 190 valence electrons. The number of benzene rings is 2. The number of carbonyl (C=O) groups is 2. The molecule has 0 atom stereocenters. The van der Waals surface area contributed by atoms with E-state index >= 15 is 0 Å². The highest BCUT2D eigenvalue weighted by Gasteiger charge is 2.29. The van der Waals surface area contributed by atoms with Gasteiger partial charge in [0.2, 0.25) is 5.89 Å². The smallest absolute Gasteiger partial charge is 0.410 e. The molecule has 0 saturated carbocycles. The highest BCUT2D eigenvalue weighted by Crippen LogP contribution is 2.33. The zero-order chi connectivity index (χ0) is 25.9. The van der Waals surface area contributed by atoms with Crippen molar-refractivity contribution in [3.05, 3.63) is 70.6 Å². The minimum atomic E-state index is -0.861. The molecule has 0 spiro atoms. The Morgan fingerprint density at radius 2 is 1.86 bits per heavy atom. The number of fused-ring (bicyclic) bond motifs is 1. The summed E-state index contributed by atoms with van der Waals surface area (Å²) in [6.45, 7) is 8.44. The number of carboxylic acids is 1. The molecule has 8 heteroatoms. The van der Waals surface area contributed by atoms with Gasteiger partial charge in [-0.3, -0.25) is 4.79 Å². The third-order valence-electron chi connectivity index (χ3n) is 6.00. The van der Waals surface area contributed by atoms with Crippen molar-refractivity contribution < 1.29 is 28.6 Å². The lowest BCUT2D eigenvalue weighted by atomic mass is 9.92. The van der Waals surface area contributed by atoms with E-state index < -0.39 is 11.6 Å². The summed E-state index contributed by atoms with van der Waals surface area (Å²) in [5.41, 5.74) is 3.83. The van der Waals surface area contributed by atoms with E-state index in [1.807, 2.05) is 70.2 Å². The number of oxazole rings is 1. The second-order valence-electron chi connectivity index (χ2n) is 9.90. The van der Waals surface area contributed by atoms with E-state index in [0.29, 0.717) is 49.0 Å². The van der Waals surface area contributed by atoms with Gasteiger partial charge in [0, 0.05) is 30.6 Å². The van der Waals surface area contributed by atoms with E-state index in [1.54, 1.807) is 4.90 Å². The van der Waals surface area contributed by atoms with Gasteiger partial charge in [0.15, 0.2) is 0 Å². The first-order valence-electron chi connectivity index (χ1n) is 12.1. The van der Waals surface area contributed by atoms with Crippen LogP contribution in [0.1, 0.15) is 55.3 Å². The van der Waals surface area contributed by atoms with Crippen LogP contribution >= 0.6 is 0 Å². The molecule has 0 saturated heterocycles. The van der Waals surface area contributed by atoms with Gasteiger partial charge in [0.05, 0.1) is 0 Å². The number of rotatable bonds is 7. The van der Waals surface area contributed by atoms with E-state index in [4.69, 9.17) is 13.9 Å². The van der Waals surface area contributed by atoms with E-state index in [2.05, 4.69) is 4.98 Å². The molecule has 1 amide bonds. The lowest BCUT2D eigenvalue weighted by molar-refractivity contribution is -0.136. The van der Waals surface area contributed by atoms with Gasteiger partial charge in [-0.25, -0.2) is 9.78 Å². The van der Waals surface area contributed by atoms with Crippen LogP contribution in [0.3, 0.4) is 0 Å². The van der Waals surface area contributed by atoms with E-state index in [1.165, 1.54) is 0 Å². The van der Waals surface area contributed by atoms with Gasteiger partial charge in [-0.1, -0.05) is 24.3 Å². The number of carbonyl (C=O) groups excluding carboxylic acids is 1. The van der Waals surface area contributed by atoms with Crippen LogP contribution in [0, 0.1) is 6.92 Å². The highest BCUT2D eigenvalue weighted by atomic mass is 16.6. The van der Waals surface area contributed by atoms with Gasteiger partial charge in [0.25, 0.3) is 0 Å². The van der Waals surface area contributed by atoms with Crippen LogP contribution in [0.15, 0.2) is 46.9 Å². The molecule has 4 rings (SSSR count). The monoisotopic (exact) mass is 492 g/mol. The highest BCUT2D eigenvalue weighted by molar-refractivity contribution is 5.69. The molecule has 2 aromatic carbocycles. The lowest BCUT2D eigenvalue weighted by Crippen LogP contribution is -2.40. The van der Waals surface area contributed by atoms with Crippen LogP contribution in [-0.4, -0.2) is 39.2 Å². The van der Waals surface area contributed by atoms with E-state index in [-0.39, 0.29) is 19.1 Å². The number of hydrogen-bond donors (Lipinski definition) is 1. The molecule has 36 heavy (non-hydrogen) atoms. The number of aryl methyl sites for hydroxylation is 2. The van der Waals surface area contributed by atoms with Gasteiger partial charge < -0.3 is 23.9 Å². The zero-order valence-electron chi connectivity index (χ0n) is 21.2. The Bertz CT molecular complexity index is 1240. The summed E-state index contributed by atoms with van der Waals surface area (Å²) in [6.07, 6.45) is 0.593. The van der Waals surface area contributed by atoms with Gasteiger partial charge in [-0.05, 0) is 69.9 Å². The molecule has 0 fully saturated rings. The Kier molecular flexibility index (Phi) is 7.33. The van der Waals surface area contributed by atoms with Crippen molar-refractivity contribution >= 4 is 12.1 Å².